The SMILES string of the molecule is Cc1cncc2nnc(C(F)(F)F)n12. The Morgan fingerprint density at radius 3 is 2.57 bits per heavy atom. The van der Waals surface area contributed by atoms with Gasteiger partial charge in [-0.25, -0.2) is 0 Å². The Labute approximate surface area is 76.4 Å². The Balaban J connectivity index is 2.80. The first-order valence-corrected chi connectivity index (χ1v) is 3.73. The fourth-order valence-corrected chi connectivity index (χ4v) is 1.18. The third-order valence-electron chi connectivity index (χ3n) is 1.75. The third-order valence-corrected chi connectivity index (χ3v) is 1.75. The zero-order chi connectivity index (χ0) is 10.3. The molecule has 0 saturated carbocycles. The monoisotopic (exact) mass is 202 g/mol. The molecule has 0 spiro atoms. The lowest BCUT2D eigenvalue weighted by Gasteiger charge is -2.05. The summed E-state index contributed by atoms with van der Waals surface area (Å²) in [5.74, 6) is -1.02. The van der Waals surface area contributed by atoms with Crippen LogP contribution in [0.15, 0.2) is 12.4 Å². The quantitative estimate of drug-likeness (QED) is 0.649. The predicted octanol–water partition coefficient (Wildman–Crippen LogP) is 1.45. The second-order valence-electron chi connectivity index (χ2n) is 2.76. The molecule has 2 aromatic heterocycles. The van der Waals surface area contributed by atoms with Crippen LogP contribution in [0.3, 0.4) is 0 Å². The van der Waals surface area contributed by atoms with Crippen molar-refractivity contribution < 1.29 is 13.2 Å². The summed E-state index contributed by atoms with van der Waals surface area (Å²) in [5.41, 5.74) is 0.442. The normalized spacial score (nSPS) is 12.3. The summed E-state index contributed by atoms with van der Waals surface area (Å²) < 4.78 is 38.1. The number of aromatic nitrogens is 4. The number of nitrogens with zero attached hydrogens (tertiary/aromatic N) is 4. The predicted molar refractivity (Wildman–Crippen MR) is 40.5 cm³/mol. The topological polar surface area (TPSA) is 43.1 Å². The second kappa shape index (κ2) is 2.66. The zero-order valence-corrected chi connectivity index (χ0v) is 7.08. The summed E-state index contributed by atoms with van der Waals surface area (Å²) in [6.45, 7) is 1.51. The van der Waals surface area contributed by atoms with Crippen molar-refractivity contribution in [3.8, 4) is 0 Å². The van der Waals surface area contributed by atoms with E-state index in [-0.39, 0.29) is 5.65 Å². The van der Waals surface area contributed by atoms with Gasteiger partial charge in [0.2, 0.25) is 5.82 Å². The fourth-order valence-electron chi connectivity index (χ4n) is 1.18. The number of hydrogen-bond donors (Lipinski definition) is 0. The average molecular weight is 202 g/mol. The van der Waals surface area contributed by atoms with Crippen LogP contribution in [-0.2, 0) is 6.18 Å². The minimum atomic E-state index is -4.49. The third kappa shape index (κ3) is 1.21. The lowest BCUT2D eigenvalue weighted by atomic mass is 10.4. The van der Waals surface area contributed by atoms with Gasteiger partial charge in [-0.15, -0.1) is 10.2 Å². The van der Waals surface area contributed by atoms with Crippen molar-refractivity contribution in [2.24, 2.45) is 0 Å². The van der Waals surface area contributed by atoms with Crippen molar-refractivity contribution >= 4 is 5.65 Å². The molecule has 2 aromatic rings. The van der Waals surface area contributed by atoms with E-state index in [9.17, 15) is 13.2 Å². The Morgan fingerprint density at radius 1 is 1.21 bits per heavy atom. The minimum Gasteiger partial charge on any atom is -0.273 e. The number of aryl methyl sites for hydroxylation is 1. The van der Waals surface area contributed by atoms with Gasteiger partial charge in [0.15, 0.2) is 5.65 Å². The second-order valence-corrected chi connectivity index (χ2v) is 2.76. The largest absolute Gasteiger partial charge is 0.452 e. The van der Waals surface area contributed by atoms with Crippen molar-refractivity contribution in [2.45, 2.75) is 13.1 Å². The van der Waals surface area contributed by atoms with E-state index in [0.717, 1.165) is 4.40 Å². The van der Waals surface area contributed by atoms with E-state index in [1.54, 1.807) is 0 Å². The standard InChI is InChI=1S/C7H5F3N4/c1-4-2-11-3-5-12-13-6(14(4)5)7(8,9)10/h2-3H,1H3. The highest BCUT2D eigenvalue weighted by Gasteiger charge is 2.37. The molecule has 2 rings (SSSR count). The zero-order valence-electron chi connectivity index (χ0n) is 7.08. The molecule has 74 valence electrons. The van der Waals surface area contributed by atoms with Crippen molar-refractivity contribution in [3.05, 3.63) is 23.9 Å². The van der Waals surface area contributed by atoms with Crippen LogP contribution in [0.2, 0.25) is 0 Å². The molecule has 2 heterocycles. The lowest BCUT2D eigenvalue weighted by Crippen LogP contribution is -2.12. The van der Waals surface area contributed by atoms with E-state index in [4.69, 9.17) is 0 Å². The van der Waals surface area contributed by atoms with Crippen LogP contribution in [0.1, 0.15) is 11.5 Å². The summed E-state index contributed by atoms with van der Waals surface area (Å²) in [5, 5.41) is 6.45. The van der Waals surface area contributed by atoms with Crippen LogP contribution in [-0.4, -0.2) is 19.6 Å². The summed E-state index contributed by atoms with van der Waals surface area (Å²) in [6, 6.07) is 0. The maximum atomic E-state index is 12.4. The molecule has 14 heavy (non-hydrogen) atoms. The maximum Gasteiger partial charge on any atom is 0.452 e. The number of fused-ring (bicyclic) bond motifs is 1. The van der Waals surface area contributed by atoms with E-state index in [1.807, 2.05) is 0 Å². The van der Waals surface area contributed by atoms with Gasteiger partial charge in [0, 0.05) is 11.9 Å². The van der Waals surface area contributed by atoms with Crippen LogP contribution in [0, 0.1) is 6.92 Å². The summed E-state index contributed by atoms with van der Waals surface area (Å²) in [7, 11) is 0. The van der Waals surface area contributed by atoms with E-state index in [0.29, 0.717) is 5.69 Å². The van der Waals surface area contributed by atoms with Gasteiger partial charge in [-0.3, -0.25) is 9.38 Å². The number of hydrogen-bond acceptors (Lipinski definition) is 3. The number of halogens is 3. The van der Waals surface area contributed by atoms with Gasteiger partial charge < -0.3 is 0 Å². The molecule has 0 fully saturated rings. The fraction of sp³-hybridized carbons (Fsp3) is 0.286. The van der Waals surface area contributed by atoms with Gasteiger partial charge in [-0.2, -0.15) is 13.2 Å². The Bertz CT molecular complexity index is 473. The smallest absolute Gasteiger partial charge is 0.273 e. The molecule has 4 nitrogen and oxygen atoms in total. The van der Waals surface area contributed by atoms with Crippen LogP contribution >= 0.6 is 0 Å². The van der Waals surface area contributed by atoms with E-state index in [2.05, 4.69) is 15.2 Å². The van der Waals surface area contributed by atoms with Gasteiger partial charge in [0.05, 0.1) is 6.20 Å². The molecule has 0 radical (unpaired) electrons. The highest BCUT2D eigenvalue weighted by molar-refractivity contribution is 5.36. The van der Waals surface area contributed by atoms with Crippen molar-refractivity contribution in [1.82, 2.24) is 19.6 Å². The summed E-state index contributed by atoms with van der Waals surface area (Å²) in [4.78, 5) is 3.72. The molecule has 0 atom stereocenters. The molecule has 0 bridgehead atoms. The molecule has 0 aliphatic carbocycles. The molecular formula is C7H5F3N4. The highest BCUT2D eigenvalue weighted by Crippen LogP contribution is 2.28. The number of rotatable bonds is 0. The van der Waals surface area contributed by atoms with E-state index < -0.39 is 12.0 Å². The molecule has 0 saturated heterocycles. The first-order valence-electron chi connectivity index (χ1n) is 3.73. The Kier molecular flexibility index (Phi) is 1.70. The van der Waals surface area contributed by atoms with Gasteiger partial charge in [0.25, 0.3) is 0 Å². The molecule has 0 aromatic carbocycles. The minimum absolute atomic E-state index is 0.0947. The first kappa shape index (κ1) is 8.92. The molecule has 0 aliphatic heterocycles. The van der Waals surface area contributed by atoms with Gasteiger partial charge >= 0.3 is 6.18 Å². The average Bonchev–Trinajstić information content (AvgIpc) is 2.47. The van der Waals surface area contributed by atoms with E-state index >= 15 is 0 Å². The van der Waals surface area contributed by atoms with Crippen LogP contribution in [0.4, 0.5) is 13.2 Å². The first-order chi connectivity index (χ1) is 6.50. The summed E-state index contributed by atoms with van der Waals surface area (Å²) >= 11 is 0. The molecule has 0 aliphatic rings. The molecule has 0 amide bonds. The van der Waals surface area contributed by atoms with Crippen LogP contribution < -0.4 is 0 Å². The summed E-state index contributed by atoms with van der Waals surface area (Å²) in [6.07, 6.45) is -1.94. The molecule has 0 N–H and O–H groups in total. The molecule has 7 heteroatoms. The maximum absolute atomic E-state index is 12.4. The Hall–Kier alpha value is -1.66. The lowest BCUT2D eigenvalue weighted by molar-refractivity contribution is -0.145. The van der Waals surface area contributed by atoms with Crippen molar-refractivity contribution in [2.75, 3.05) is 0 Å². The Morgan fingerprint density at radius 2 is 1.93 bits per heavy atom. The van der Waals surface area contributed by atoms with Crippen LogP contribution in [0.5, 0.6) is 0 Å². The highest BCUT2D eigenvalue weighted by atomic mass is 19.4. The van der Waals surface area contributed by atoms with Crippen molar-refractivity contribution in [1.29, 1.82) is 0 Å². The molecular weight excluding hydrogens is 197 g/mol. The van der Waals surface area contributed by atoms with Gasteiger partial charge in [-0.1, -0.05) is 0 Å². The van der Waals surface area contributed by atoms with Crippen LogP contribution in [0.25, 0.3) is 5.65 Å². The van der Waals surface area contributed by atoms with Gasteiger partial charge in [0.1, 0.15) is 0 Å². The molecule has 0 unspecified atom stereocenters. The van der Waals surface area contributed by atoms with E-state index in [1.165, 1.54) is 19.3 Å². The number of alkyl halides is 3. The van der Waals surface area contributed by atoms with Gasteiger partial charge in [-0.05, 0) is 6.92 Å². The van der Waals surface area contributed by atoms with Crippen molar-refractivity contribution in [3.63, 3.8) is 0 Å².